The minimum absolute atomic E-state index is 0.252. The second-order valence-electron chi connectivity index (χ2n) is 7.18. The number of hydrogen-bond donors (Lipinski definition) is 1. The van der Waals surface area contributed by atoms with Crippen LogP contribution in [-0.4, -0.2) is 5.11 Å². The van der Waals surface area contributed by atoms with Crippen molar-refractivity contribution < 1.29 is 5.11 Å². The van der Waals surface area contributed by atoms with Gasteiger partial charge in [-0.25, -0.2) is 0 Å². The van der Waals surface area contributed by atoms with Gasteiger partial charge in [-0.2, -0.15) is 0 Å². The first-order chi connectivity index (χ1) is 9.65. The largest absolute Gasteiger partial charge is 0.388 e. The normalized spacial score (nSPS) is 31.6. The van der Waals surface area contributed by atoms with E-state index in [1.807, 2.05) is 0 Å². The summed E-state index contributed by atoms with van der Waals surface area (Å²) in [6.07, 6.45) is 9.25. The number of aliphatic hydroxyl groups excluding tert-OH is 1. The zero-order valence-electron chi connectivity index (χ0n) is 12.9. The van der Waals surface area contributed by atoms with Crippen molar-refractivity contribution in [2.75, 3.05) is 0 Å². The van der Waals surface area contributed by atoms with Crippen molar-refractivity contribution in [1.29, 1.82) is 0 Å². The zero-order chi connectivity index (χ0) is 14.1. The highest BCUT2D eigenvalue weighted by atomic mass is 16.3. The van der Waals surface area contributed by atoms with Gasteiger partial charge in [0.2, 0.25) is 0 Å². The predicted molar refractivity (Wildman–Crippen MR) is 83.7 cm³/mol. The Morgan fingerprint density at radius 3 is 2.55 bits per heavy atom. The molecule has 3 rings (SSSR count). The van der Waals surface area contributed by atoms with Crippen LogP contribution in [0.1, 0.15) is 67.7 Å². The molecule has 0 heterocycles. The van der Waals surface area contributed by atoms with E-state index < -0.39 is 0 Å². The summed E-state index contributed by atoms with van der Waals surface area (Å²) in [5, 5.41) is 10.8. The fourth-order valence-electron chi connectivity index (χ4n) is 4.53. The third-order valence-corrected chi connectivity index (χ3v) is 5.78. The van der Waals surface area contributed by atoms with Crippen molar-refractivity contribution >= 4 is 0 Å². The summed E-state index contributed by atoms with van der Waals surface area (Å²) >= 11 is 0. The number of benzene rings is 1. The molecule has 1 aromatic carbocycles. The van der Waals surface area contributed by atoms with E-state index in [0.717, 1.165) is 11.8 Å². The molecule has 0 radical (unpaired) electrons. The maximum absolute atomic E-state index is 10.8. The van der Waals surface area contributed by atoms with E-state index in [1.54, 1.807) is 0 Å². The van der Waals surface area contributed by atoms with Crippen molar-refractivity contribution in [2.24, 2.45) is 17.8 Å². The minimum atomic E-state index is -0.252. The van der Waals surface area contributed by atoms with E-state index in [4.69, 9.17) is 0 Å². The van der Waals surface area contributed by atoms with Crippen LogP contribution in [0.5, 0.6) is 0 Å². The molecule has 1 N–H and O–H groups in total. The van der Waals surface area contributed by atoms with Gasteiger partial charge < -0.3 is 5.11 Å². The van der Waals surface area contributed by atoms with Gasteiger partial charge in [-0.15, -0.1) is 0 Å². The molecule has 0 amide bonds. The molecule has 2 saturated carbocycles. The van der Waals surface area contributed by atoms with E-state index >= 15 is 0 Å². The molecule has 0 saturated heterocycles. The second kappa shape index (κ2) is 5.89. The van der Waals surface area contributed by atoms with Crippen LogP contribution in [0.3, 0.4) is 0 Å². The number of rotatable bonds is 2. The molecule has 4 unspecified atom stereocenters. The van der Waals surface area contributed by atoms with Gasteiger partial charge in [-0.3, -0.25) is 0 Å². The van der Waals surface area contributed by atoms with E-state index in [0.29, 0.717) is 5.92 Å². The molecule has 0 bridgehead atoms. The van der Waals surface area contributed by atoms with E-state index in [9.17, 15) is 5.11 Å². The van der Waals surface area contributed by atoms with Crippen LogP contribution in [0.2, 0.25) is 0 Å². The number of aliphatic hydroxyl groups is 1. The van der Waals surface area contributed by atoms with Crippen molar-refractivity contribution in [3.63, 3.8) is 0 Å². The molecule has 0 aliphatic heterocycles. The maximum atomic E-state index is 10.8. The Bertz CT molecular complexity index is 465. The molecule has 0 spiro atoms. The van der Waals surface area contributed by atoms with Gasteiger partial charge in [-0.1, -0.05) is 49.4 Å². The molecule has 2 aliphatic carbocycles. The minimum Gasteiger partial charge on any atom is -0.388 e. The van der Waals surface area contributed by atoms with Crippen molar-refractivity contribution in [1.82, 2.24) is 0 Å². The highest BCUT2D eigenvalue weighted by Crippen LogP contribution is 2.46. The fourth-order valence-corrected chi connectivity index (χ4v) is 4.53. The Labute approximate surface area is 123 Å². The average molecular weight is 272 g/mol. The Kier molecular flexibility index (Phi) is 4.16. The van der Waals surface area contributed by atoms with Gasteiger partial charge in [0.1, 0.15) is 0 Å². The van der Waals surface area contributed by atoms with Crippen molar-refractivity contribution in [3.05, 3.63) is 34.9 Å². The molecule has 20 heavy (non-hydrogen) atoms. The lowest BCUT2D eigenvalue weighted by Crippen LogP contribution is -2.30. The lowest BCUT2D eigenvalue weighted by molar-refractivity contribution is 0.0345. The van der Waals surface area contributed by atoms with Crippen LogP contribution in [0, 0.1) is 31.6 Å². The third kappa shape index (κ3) is 2.79. The van der Waals surface area contributed by atoms with E-state index in [1.165, 1.54) is 61.6 Å². The molecule has 2 fully saturated rings. The molecule has 0 aromatic heterocycles. The van der Waals surface area contributed by atoms with Crippen LogP contribution in [0.15, 0.2) is 18.2 Å². The van der Waals surface area contributed by atoms with Crippen LogP contribution >= 0.6 is 0 Å². The van der Waals surface area contributed by atoms with Gasteiger partial charge in [0.15, 0.2) is 0 Å². The van der Waals surface area contributed by atoms with Crippen LogP contribution in [0.4, 0.5) is 0 Å². The molecule has 2 aliphatic rings. The van der Waals surface area contributed by atoms with Gasteiger partial charge in [0.25, 0.3) is 0 Å². The van der Waals surface area contributed by atoms with Crippen LogP contribution < -0.4 is 0 Å². The maximum Gasteiger partial charge on any atom is 0.0820 e. The number of fused-ring (bicyclic) bond motifs is 1. The number of aryl methyl sites for hydroxylation is 2. The van der Waals surface area contributed by atoms with E-state index in [-0.39, 0.29) is 6.10 Å². The Morgan fingerprint density at radius 1 is 1.00 bits per heavy atom. The first-order valence-corrected chi connectivity index (χ1v) is 8.40. The summed E-state index contributed by atoms with van der Waals surface area (Å²) in [6.45, 7) is 4.25. The Balaban J connectivity index is 1.74. The Hall–Kier alpha value is -0.820. The van der Waals surface area contributed by atoms with Crippen molar-refractivity contribution in [3.8, 4) is 0 Å². The lowest BCUT2D eigenvalue weighted by Gasteiger charge is -2.41. The SMILES string of the molecule is Cc1ccc(C)c(C(O)C2CCC3CCCCC3C2)c1. The van der Waals surface area contributed by atoms with E-state index in [2.05, 4.69) is 32.0 Å². The summed E-state index contributed by atoms with van der Waals surface area (Å²) in [5.41, 5.74) is 3.68. The van der Waals surface area contributed by atoms with Gasteiger partial charge in [-0.05, 0) is 62.0 Å². The molecular formula is C19H28O. The smallest absolute Gasteiger partial charge is 0.0820 e. The predicted octanol–water partition coefficient (Wildman–Crippen LogP) is 4.94. The topological polar surface area (TPSA) is 20.2 Å². The first kappa shape index (κ1) is 14.1. The van der Waals surface area contributed by atoms with Crippen molar-refractivity contribution in [2.45, 2.75) is 64.9 Å². The fraction of sp³-hybridized carbons (Fsp3) is 0.684. The summed E-state index contributed by atoms with van der Waals surface area (Å²) in [7, 11) is 0. The van der Waals surface area contributed by atoms with Gasteiger partial charge in [0.05, 0.1) is 6.10 Å². The lowest BCUT2D eigenvalue weighted by atomic mass is 9.66. The van der Waals surface area contributed by atoms with Gasteiger partial charge in [0, 0.05) is 0 Å². The number of hydrogen-bond acceptors (Lipinski definition) is 1. The molecule has 110 valence electrons. The first-order valence-electron chi connectivity index (χ1n) is 8.40. The second-order valence-corrected chi connectivity index (χ2v) is 7.18. The zero-order valence-corrected chi connectivity index (χ0v) is 12.9. The monoisotopic (exact) mass is 272 g/mol. The highest BCUT2D eigenvalue weighted by Gasteiger charge is 2.35. The van der Waals surface area contributed by atoms with Gasteiger partial charge >= 0.3 is 0 Å². The molecule has 1 heteroatoms. The summed E-state index contributed by atoms with van der Waals surface area (Å²) in [4.78, 5) is 0. The molecular weight excluding hydrogens is 244 g/mol. The summed E-state index contributed by atoms with van der Waals surface area (Å²) in [5.74, 6) is 2.34. The average Bonchev–Trinajstić information content (AvgIpc) is 2.48. The van der Waals surface area contributed by atoms with Crippen LogP contribution in [0.25, 0.3) is 0 Å². The third-order valence-electron chi connectivity index (χ3n) is 5.78. The Morgan fingerprint density at radius 2 is 1.75 bits per heavy atom. The standard InChI is InChI=1S/C19H28O/c1-13-7-8-14(2)18(11-13)19(20)17-10-9-15-5-3-4-6-16(15)12-17/h7-8,11,15-17,19-20H,3-6,9-10,12H2,1-2H3. The molecule has 1 nitrogen and oxygen atoms in total. The van der Waals surface area contributed by atoms with Crippen LogP contribution in [-0.2, 0) is 0 Å². The molecule has 4 atom stereocenters. The molecule has 1 aromatic rings. The summed E-state index contributed by atoms with van der Waals surface area (Å²) < 4.78 is 0. The quantitative estimate of drug-likeness (QED) is 0.808. The summed E-state index contributed by atoms with van der Waals surface area (Å²) in [6, 6.07) is 6.48. The highest BCUT2D eigenvalue weighted by molar-refractivity contribution is 5.32.